The van der Waals surface area contributed by atoms with Crippen molar-refractivity contribution >= 4 is 16.3 Å². The first-order valence-corrected chi connectivity index (χ1v) is 12.2. The summed E-state index contributed by atoms with van der Waals surface area (Å²) in [7, 11) is 0. The summed E-state index contributed by atoms with van der Waals surface area (Å²) in [6, 6.07) is 18.8. The molecule has 0 saturated carbocycles. The van der Waals surface area contributed by atoms with Crippen LogP contribution in [0.2, 0.25) is 0 Å². The molecule has 7 nitrogen and oxygen atoms in total. The zero-order chi connectivity index (χ0) is 22.8. The van der Waals surface area contributed by atoms with Gasteiger partial charge in [0.05, 0.1) is 17.5 Å². The Bertz CT molecular complexity index is 1200. The fraction of sp³-hybridized carbons (Fsp3) is 0.360. The van der Waals surface area contributed by atoms with Crippen molar-refractivity contribution < 1.29 is 9.84 Å². The van der Waals surface area contributed by atoms with Gasteiger partial charge in [-0.2, -0.15) is 4.52 Å². The quantitative estimate of drug-likeness (QED) is 0.445. The molecule has 4 aromatic rings. The lowest BCUT2D eigenvalue weighted by molar-refractivity contribution is 0.105. The molecule has 8 heteroatoms. The number of thiazole rings is 1. The molecule has 0 radical (unpaired) electrons. The zero-order valence-corrected chi connectivity index (χ0v) is 19.8. The number of ether oxygens (including phenoxy) is 1. The van der Waals surface area contributed by atoms with Crippen molar-refractivity contribution in [2.45, 2.75) is 26.4 Å². The van der Waals surface area contributed by atoms with Crippen LogP contribution in [-0.2, 0) is 6.54 Å². The molecule has 1 aliphatic rings. The van der Waals surface area contributed by atoms with Crippen molar-refractivity contribution in [3.05, 3.63) is 76.4 Å². The van der Waals surface area contributed by atoms with Crippen LogP contribution in [0, 0.1) is 6.92 Å². The van der Waals surface area contributed by atoms with Gasteiger partial charge >= 0.3 is 0 Å². The fourth-order valence-electron chi connectivity index (χ4n) is 4.49. The highest BCUT2D eigenvalue weighted by Crippen LogP contribution is 2.40. The first kappa shape index (κ1) is 21.9. The Morgan fingerprint density at radius 1 is 1.03 bits per heavy atom. The van der Waals surface area contributed by atoms with E-state index in [-0.39, 0.29) is 11.9 Å². The van der Waals surface area contributed by atoms with Crippen LogP contribution in [0.5, 0.6) is 11.6 Å². The number of hydrogen-bond acceptors (Lipinski definition) is 7. The van der Waals surface area contributed by atoms with Gasteiger partial charge in [0.2, 0.25) is 10.8 Å². The van der Waals surface area contributed by atoms with Crippen molar-refractivity contribution in [2.75, 3.05) is 32.8 Å². The Kier molecular flexibility index (Phi) is 6.30. The van der Waals surface area contributed by atoms with E-state index >= 15 is 0 Å². The summed E-state index contributed by atoms with van der Waals surface area (Å²) in [4.78, 5) is 11.0. The SMILES string of the molecule is CCOc1ccc([C@H](c2sc3nc(C)nn3c2O)N2CCN(Cc3ccccc3)CC2)cc1. The lowest BCUT2D eigenvalue weighted by Gasteiger charge is -2.39. The van der Waals surface area contributed by atoms with Crippen molar-refractivity contribution in [3.8, 4) is 11.6 Å². The fourth-order valence-corrected chi connectivity index (χ4v) is 5.65. The molecule has 2 aromatic heterocycles. The van der Waals surface area contributed by atoms with Crippen molar-refractivity contribution in [1.82, 2.24) is 24.4 Å². The van der Waals surface area contributed by atoms with E-state index in [2.05, 4.69) is 62.3 Å². The smallest absolute Gasteiger partial charge is 0.230 e. The number of aromatic nitrogens is 3. The number of benzene rings is 2. The molecule has 0 spiro atoms. The van der Waals surface area contributed by atoms with Crippen LogP contribution >= 0.6 is 11.3 Å². The normalized spacial score (nSPS) is 16.3. The van der Waals surface area contributed by atoms with E-state index in [9.17, 15) is 5.11 Å². The number of aromatic hydroxyl groups is 1. The molecule has 172 valence electrons. The number of hydrogen-bond donors (Lipinski definition) is 1. The van der Waals surface area contributed by atoms with E-state index in [0.717, 1.165) is 53.9 Å². The van der Waals surface area contributed by atoms with Gasteiger partial charge in [0.25, 0.3) is 0 Å². The van der Waals surface area contributed by atoms with Gasteiger partial charge in [-0.3, -0.25) is 9.80 Å². The summed E-state index contributed by atoms with van der Waals surface area (Å²) >= 11 is 1.51. The molecule has 33 heavy (non-hydrogen) atoms. The third kappa shape index (κ3) is 4.59. The van der Waals surface area contributed by atoms with Crippen LogP contribution in [0.25, 0.3) is 4.96 Å². The number of fused-ring (bicyclic) bond motifs is 1. The molecular weight excluding hydrogens is 434 g/mol. The van der Waals surface area contributed by atoms with E-state index in [1.165, 1.54) is 16.9 Å². The summed E-state index contributed by atoms with van der Waals surface area (Å²) in [5.74, 6) is 1.70. The molecule has 0 amide bonds. The molecule has 0 bridgehead atoms. The summed E-state index contributed by atoms with van der Waals surface area (Å²) in [5.41, 5.74) is 2.47. The van der Waals surface area contributed by atoms with Gasteiger partial charge in [-0.05, 0) is 37.1 Å². The van der Waals surface area contributed by atoms with E-state index in [4.69, 9.17) is 4.74 Å². The van der Waals surface area contributed by atoms with Gasteiger partial charge in [-0.1, -0.05) is 53.8 Å². The molecule has 1 fully saturated rings. The molecule has 0 aliphatic carbocycles. The molecule has 0 unspecified atom stereocenters. The van der Waals surface area contributed by atoms with Crippen LogP contribution in [0.4, 0.5) is 0 Å². The van der Waals surface area contributed by atoms with Crippen LogP contribution in [0.15, 0.2) is 54.6 Å². The standard InChI is InChI=1S/C25H29N5O2S/c1-3-32-21-11-9-20(10-12-21)22(23-24(31)30-25(33-23)26-18(2)27-30)29-15-13-28(14-16-29)17-19-7-5-4-6-8-19/h4-12,22,31H,3,13-17H2,1-2H3/t22-/m1/s1. The molecule has 1 aliphatic heterocycles. The number of nitrogens with zero attached hydrogens (tertiary/aromatic N) is 5. The number of aryl methyl sites for hydroxylation is 1. The second-order valence-corrected chi connectivity index (χ2v) is 9.35. The average molecular weight is 464 g/mol. The van der Waals surface area contributed by atoms with Crippen molar-refractivity contribution in [2.24, 2.45) is 0 Å². The minimum atomic E-state index is -0.0617. The molecule has 1 atom stereocenters. The molecular formula is C25H29N5O2S. The Morgan fingerprint density at radius 3 is 2.42 bits per heavy atom. The van der Waals surface area contributed by atoms with E-state index in [1.807, 2.05) is 26.0 Å². The molecule has 5 rings (SSSR count). The lowest BCUT2D eigenvalue weighted by atomic mass is 10.0. The third-order valence-electron chi connectivity index (χ3n) is 6.08. The first-order valence-electron chi connectivity index (χ1n) is 11.4. The summed E-state index contributed by atoms with van der Waals surface area (Å²) in [6.45, 7) is 9.21. The van der Waals surface area contributed by atoms with Crippen LogP contribution < -0.4 is 4.74 Å². The second-order valence-electron chi connectivity index (χ2n) is 8.35. The number of piperazine rings is 1. The molecule has 1 N–H and O–H groups in total. The molecule has 1 saturated heterocycles. The van der Waals surface area contributed by atoms with E-state index in [0.29, 0.717) is 12.4 Å². The van der Waals surface area contributed by atoms with Crippen LogP contribution in [0.1, 0.15) is 34.8 Å². The second kappa shape index (κ2) is 9.51. The van der Waals surface area contributed by atoms with Crippen LogP contribution in [-0.4, -0.2) is 62.3 Å². The van der Waals surface area contributed by atoms with Gasteiger partial charge in [0, 0.05) is 32.7 Å². The van der Waals surface area contributed by atoms with Crippen molar-refractivity contribution in [1.29, 1.82) is 0 Å². The monoisotopic (exact) mass is 463 g/mol. The van der Waals surface area contributed by atoms with Gasteiger partial charge in [-0.15, -0.1) is 5.10 Å². The Morgan fingerprint density at radius 2 is 1.76 bits per heavy atom. The van der Waals surface area contributed by atoms with Gasteiger partial charge in [0.1, 0.15) is 11.6 Å². The third-order valence-corrected chi connectivity index (χ3v) is 7.15. The summed E-state index contributed by atoms with van der Waals surface area (Å²) in [6.07, 6.45) is 0. The highest BCUT2D eigenvalue weighted by molar-refractivity contribution is 7.17. The van der Waals surface area contributed by atoms with Gasteiger partial charge in [0.15, 0.2) is 0 Å². The van der Waals surface area contributed by atoms with Crippen molar-refractivity contribution in [3.63, 3.8) is 0 Å². The summed E-state index contributed by atoms with van der Waals surface area (Å²) in [5, 5.41) is 15.4. The maximum Gasteiger partial charge on any atom is 0.230 e. The highest BCUT2D eigenvalue weighted by atomic mass is 32.1. The lowest BCUT2D eigenvalue weighted by Crippen LogP contribution is -2.47. The Labute approximate surface area is 197 Å². The van der Waals surface area contributed by atoms with E-state index in [1.54, 1.807) is 4.52 Å². The van der Waals surface area contributed by atoms with Gasteiger partial charge < -0.3 is 9.84 Å². The Balaban J connectivity index is 1.41. The first-order chi connectivity index (χ1) is 16.1. The van der Waals surface area contributed by atoms with Crippen LogP contribution in [0.3, 0.4) is 0 Å². The Hall–Kier alpha value is -2.94. The zero-order valence-electron chi connectivity index (χ0n) is 19.0. The average Bonchev–Trinajstić information content (AvgIpc) is 3.34. The summed E-state index contributed by atoms with van der Waals surface area (Å²) < 4.78 is 7.20. The largest absolute Gasteiger partial charge is 0.494 e. The maximum atomic E-state index is 11.1. The van der Waals surface area contributed by atoms with Gasteiger partial charge in [-0.25, -0.2) is 4.98 Å². The molecule has 3 heterocycles. The minimum absolute atomic E-state index is 0.0617. The van der Waals surface area contributed by atoms with E-state index < -0.39 is 0 Å². The predicted octanol–water partition coefficient (Wildman–Crippen LogP) is 4.11. The highest BCUT2D eigenvalue weighted by Gasteiger charge is 2.31. The minimum Gasteiger partial charge on any atom is -0.494 e. The number of rotatable bonds is 7. The predicted molar refractivity (Wildman–Crippen MR) is 130 cm³/mol. The maximum absolute atomic E-state index is 11.1. The topological polar surface area (TPSA) is 66.1 Å². The molecule has 2 aromatic carbocycles.